The van der Waals surface area contributed by atoms with Crippen LogP contribution in [0, 0.1) is 10.1 Å². The molecule has 1 aliphatic heterocycles. The summed E-state index contributed by atoms with van der Waals surface area (Å²) in [6.07, 6.45) is 1.48. The van der Waals surface area contributed by atoms with Crippen LogP contribution in [0.3, 0.4) is 0 Å². The molecule has 1 heterocycles. The van der Waals surface area contributed by atoms with Crippen LogP contribution in [-0.2, 0) is 0 Å². The van der Waals surface area contributed by atoms with E-state index in [4.69, 9.17) is 0 Å². The van der Waals surface area contributed by atoms with Gasteiger partial charge >= 0.3 is 0 Å². The van der Waals surface area contributed by atoms with Gasteiger partial charge in [0.2, 0.25) is 0 Å². The molecule has 5 nitrogen and oxygen atoms in total. The molecule has 3 rings (SSSR count). The van der Waals surface area contributed by atoms with E-state index >= 15 is 0 Å². The molecule has 0 atom stereocenters. The number of rotatable bonds is 1. The standard InChI is InChI=1S/C11H7N3O2/c15-14(16)9-5-4-7-2-1-3-8-10(7)11(9)13-6-12-8/h1-6H,(H,12,13). The van der Waals surface area contributed by atoms with Crippen LogP contribution in [0.25, 0.3) is 10.8 Å². The van der Waals surface area contributed by atoms with Gasteiger partial charge in [-0.3, -0.25) is 10.1 Å². The highest BCUT2D eigenvalue weighted by atomic mass is 16.6. The largest absolute Gasteiger partial charge is 0.346 e. The number of hydrogen-bond donors (Lipinski definition) is 1. The summed E-state index contributed by atoms with van der Waals surface area (Å²) in [5.74, 6) is 0. The molecule has 16 heavy (non-hydrogen) atoms. The molecular formula is C11H7N3O2. The van der Waals surface area contributed by atoms with Crippen molar-refractivity contribution < 1.29 is 4.92 Å². The first kappa shape index (κ1) is 8.84. The average molecular weight is 213 g/mol. The molecule has 0 fully saturated rings. The zero-order chi connectivity index (χ0) is 11.1. The van der Waals surface area contributed by atoms with Crippen LogP contribution in [0.1, 0.15) is 0 Å². The third kappa shape index (κ3) is 1.08. The number of nitro benzene ring substituents is 1. The van der Waals surface area contributed by atoms with Crippen molar-refractivity contribution in [3.8, 4) is 0 Å². The van der Waals surface area contributed by atoms with Crippen molar-refractivity contribution in [1.29, 1.82) is 0 Å². The van der Waals surface area contributed by atoms with Crippen molar-refractivity contribution in [2.45, 2.75) is 0 Å². The molecule has 0 aromatic heterocycles. The van der Waals surface area contributed by atoms with Crippen molar-refractivity contribution in [3.63, 3.8) is 0 Å². The third-order valence-corrected chi connectivity index (χ3v) is 2.61. The lowest BCUT2D eigenvalue weighted by atomic mass is 10.0. The fraction of sp³-hybridized carbons (Fsp3) is 0. The van der Waals surface area contributed by atoms with Gasteiger partial charge in [-0.2, -0.15) is 0 Å². The highest BCUT2D eigenvalue weighted by molar-refractivity contribution is 6.10. The van der Waals surface area contributed by atoms with Gasteiger partial charge in [0.1, 0.15) is 0 Å². The summed E-state index contributed by atoms with van der Waals surface area (Å²) in [7, 11) is 0. The molecule has 78 valence electrons. The molecule has 0 spiro atoms. The zero-order valence-corrected chi connectivity index (χ0v) is 8.18. The Balaban J connectivity index is 2.49. The van der Waals surface area contributed by atoms with E-state index in [1.165, 1.54) is 12.4 Å². The SMILES string of the molecule is O=[N+]([O-])c1ccc2cccc3c2c1N=CN3. The monoisotopic (exact) mass is 213 g/mol. The topological polar surface area (TPSA) is 67.5 Å². The first-order valence-corrected chi connectivity index (χ1v) is 4.76. The Morgan fingerprint density at radius 2 is 2.12 bits per heavy atom. The lowest BCUT2D eigenvalue weighted by Crippen LogP contribution is -2.01. The minimum atomic E-state index is -0.409. The zero-order valence-electron chi connectivity index (χ0n) is 8.18. The summed E-state index contributed by atoms with van der Waals surface area (Å²) < 4.78 is 0. The molecule has 0 saturated heterocycles. The number of anilines is 1. The molecule has 1 aliphatic rings. The Bertz CT molecular complexity index is 634. The van der Waals surface area contributed by atoms with E-state index in [0.29, 0.717) is 5.69 Å². The fourth-order valence-corrected chi connectivity index (χ4v) is 1.91. The summed E-state index contributed by atoms with van der Waals surface area (Å²) in [6.45, 7) is 0. The van der Waals surface area contributed by atoms with Crippen LogP contribution in [0.4, 0.5) is 17.1 Å². The van der Waals surface area contributed by atoms with Gasteiger partial charge < -0.3 is 5.32 Å². The van der Waals surface area contributed by atoms with Gasteiger partial charge in [0.05, 0.1) is 11.3 Å². The van der Waals surface area contributed by atoms with E-state index in [0.717, 1.165) is 16.5 Å². The summed E-state index contributed by atoms with van der Waals surface area (Å²) >= 11 is 0. The molecule has 0 aliphatic carbocycles. The summed E-state index contributed by atoms with van der Waals surface area (Å²) in [5.41, 5.74) is 1.32. The second kappa shape index (κ2) is 3.03. The van der Waals surface area contributed by atoms with Crippen LogP contribution in [0.15, 0.2) is 35.3 Å². The van der Waals surface area contributed by atoms with Gasteiger partial charge in [-0.25, -0.2) is 4.99 Å². The van der Waals surface area contributed by atoms with Gasteiger partial charge in [0, 0.05) is 17.1 Å². The Kier molecular flexibility index (Phi) is 1.67. The highest BCUT2D eigenvalue weighted by Crippen LogP contribution is 2.40. The smallest absolute Gasteiger partial charge is 0.295 e. The second-order valence-electron chi connectivity index (χ2n) is 3.50. The van der Waals surface area contributed by atoms with Crippen LogP contribution in [0.5, 0.6) is 0 Å². The Morgan fingerprint density at radius 3 is 2.94 bits per heavy atom. The number of nitro groups is 1. The maximum absolute atomic E-state index is 10.9. The molecule has 0 unspecified atom stereocenters. The molecule has 1 N–H and O–H groups in total. The molecule has 2 aromatic carbocycles. The fourth-order valence-electron chi connectivity index (χ4n) is 1.91. The quantitative estimate of drug-likeness (QED) is 0.585. The number of nitrogens with zero attached hydrogens (tertiary/aromatic N) is 2. The first-order valence-electron chi connectivity index (χ1n) is 4.76. The van der Waals surface area contributed by atoms with E-state index in [1.54, 1.807) is 6.07 Å². The summed E-state index contributed by atoms with van der Waals surface area (Å²) in [5, 5.41) is 15.6. The van der Waals surface area contributed by atoms with Gasteiger partial charge in [-0.05, 0) is 17.5 Å². The minimum Gasteiger partial charge on any atom is -0.346 e. The van der Waals surface area contributed by atoms with Crippen LogP contribution < -0.4 is 5.32 Å². The van der Waals surface area contributed by atoms with E-state index in [2.05, 4.69) is 10.3 Å². The number of benzene rings is 2. The predicted molar refractivity (Wildman–Crippen MR) is 62.4 cm³/mol. The van der Waals surface area contributed by atoms with Crippen molar-refractivity contribution in [2.24, 2.45) is 4.99 Å². The maximum Gasteiger partial charge on any atom is 0.295 e. The van der Waals surface area contributed by atoms with Gasteiger partial charge in [0.15, 0.2) is 5.69 Å². The van der Waals surface area contributed by atoms with Crippen LogP contribution in [0.2, 0.25) is 0 Å². The second-order valence-corrected chi connectivity index (χ2v) is 3.50. The molecule has 0 radical (unpaired) electrons. The first-order chi connectivity index (χ1) is 7.77. The molecule has 0 bridgehead atoms. The number of aliphatic imine (C=N–C) groups is 1. The molecule has 0 amide bonds. The Labute approximate surface area is 90.6 Å². The normalized spacial score (nSPS) is 12.5. The minimum absolute atomic E-state index is 0.0395. The Morgan fingerprint density at radius 1 is 1.25 bits per heavy atom. The van der Waals surface area contributed by atoms with Crippen molar-refractivity contribution >= 4 is 34.2 Å². The molecule has 0 saturated carbocycles. The van der Waals surface area contributed by atoms with Crippen molar-refractivity contribution in [1.82, 2.24) is 0 Å². The van der Waals surface area contributed by atoms with Gasteiger partial charge in [0.25, 0.3) is 5.69 Å². The van der Waals surface area contributed by atoms with Crippen LogP contribution in [-0.4, -0.2) is 11.3 Å². The van der Waals surface area contributed by atoms with Gasteiger partial charge in [-0.1, -0.05) is 12.1 Å². The highest BCUT2D eigenvalue weighted by Gasteiger charge is 2.19. The van der Waals surface area contributed by atoms with Gasteiger partial charge in [-0.15, -0.1) is 0 Å². The van der Waals surface area contributed by atoms with E-state index in [1.807, 2.05) is 18.2 Å². The van der Waals surface area contributed by atoms with Crippen molar-refractivity contribution in [2.75, 3.05) is 5.32 Å². The maximum atomic E-state index is 10.9. The summed E-state index contributed by atoms with van der Waals surface area (Å²) in [4.78, 5) is 14.5. The van der Waals surface area contributed by atoms with Crippen molar-refractivity contribution in [3.05, 3.63) is 40.4 Å². The number of hydrogen-bond acceptors (Lipinski definition) is 4. The molecule has 5 heteroatoms. The van der Waals surface area contributed by atoms with Crippen LogP contribution >= 0.6 is 0 Å². The third-order valence-electron chi connectivity index (χ3n) is 2.61. The number of nitrogens with one attached hydrogen (secondary N) is 1. The van der Waals surface area contributed by atoms with E-state index < -0.39 is 4.92 Å². The van der Waals surface area contributed by atoms with E-state index in [9.17, 15) is 10.1 Å². The Hall–Kier alpha value is -2.43. The predicted octanol–water partition coefficient (Wildman–Crippen LogP) is 2.83. The molecule has 2 aromatic rings. The molecular weight excluding hydrogens is 206 g/mol. The average Bonchev–Trinajstić information content (AvgIpc) is 2.30. The lowest BCUT2D eigenvalue weighted by molar-refractivity contribution is -0.383. The van der Waals surface area contributed by atoms with E-state index in [-0.39, 0.29) is 5.69 Å². The summed E-state index contributed by atoms with van der Waals surface area (Å²) in [6, 6.07) is 8.92. The lowest BCUT2D eigenvalue weighted by Gasteiger charge is -2.12.